The van der Waals surface area contributed by atoms with E-state index in [0.29, 0.717) is 11.8 Å². The molecule has 0 N–H and O–H groups in total. The van der Waals surface area contributed by atoms with Gasteiger partial charge in [0.25, 0.3) is 0 Å². The lowest BCUT2D eigenvalue weighted by atomic mass is 9.92. The quantitative estimate of drug-likeness (QED) is 0.855. The summed E-state index contributed by atoms with van der Waals surface area (Å²) in [5.74, 6) is 0.939. The zero-order chi connectivity index (χ0) is 14.9. The fraction of sp³-hybridized carbons (Fsp3) is 0.632. The van der Waals surface area contributed by atoms with Crippen molar-refractivity contribution < 1.29 is 4.79 Å². The average Bonchev–Trinajstić information content (AvgIpc) is 3.40. The van der Waals surface area contributed by atoms with Gasteiger partial charge in [0.05, 0.1) is 0 Å². The predicted molar refractivity (Wildman–Crippen MR) is 89.1 cm³/mol. The summed E-state index contributed by atoms with van der Waals surface area (Å²) in [6.07, 6.45) is 8.16. The number of carbonyl (C=O) groups excluding carboxylic acids is 1. The third-order valence-electron chi connectivity index (χ3n) is 5.59. The molecule has 1 saturated carbocycles. The summed E-state index contributed by atoms with van der Waals surface area (Å²) in [6, 6.07) is 9.30. The van der Waals surface area contributed by atoms with Crippen LogP contribution in [0.5, 0.6) is 0 Å². The Bertz CT molecular complexity index is 544. The molecule has 0 aromatic heterocycles. The minimum Gasteiger partial charge on any atom is -0.312 e. The minimum atomic E-state index is 0.344. The van der Waals surface area contributed by atoms with E-state index >= 15 is 0 Å². The van der Waals surface area contributed by atoms with Gasteiger partial charge < -0.3 is 9.80 Å². The van der Waals surface area contributed by atoms with Crippen LogP contribution >= 0.6 is 0 Å². The minimum absolute atomic E-state index is 0.344. The number of piperidine rings is 1. The smallest absolute Gasteiger partial charge is 0.227 e. The van der Waals surface area contributed by atoms with E-state index in [1.165, 1.54) is 44.3 Å². The summed E-state index contributed by atoms with van der Waals surface area (Å²) < 4.78 is 0. The van der Waals surface area contributed by atoms with Crippen LogP contribution < -0.4 is 4.90 Å². The maximum Gasteiger partial charge on any atom is 0.227 e. The summed E-state index contributed by atoms with van der Waals surface area (Å²) >= 11 is 0. The van der Waals surface area contributed by atoms with Gasteiger partial charge in [-0.15, -0.1) is 0 Å². The first-order valence-corrected chi connectivity index (χ1v) is 8.93. The molecule has 1 aromatic carbocycles. The summed E-state index contributed by atoms with van der Waals surface area (Å²) in [6.45, 7) is 3.31. The maximum absolute atomic E-state index is 12.8. The monoisotopic (exact) mass is 298 g/mol. The van der Waals surface area contributed by atoms with Gasteiger partial charge in [-0.05, 0) is 69.2 Å². The van der Waals surface area contributed by atoms with Crippen molar-refractivity contribution in [3.63, 3.8) is 0 Å². The zero-order valence-electron chi connectivity index (χ0n) is 13.3. The molecule has 3 heteroatoms. The number of aryl methyl sites for hydroxylation is 1. The van der Waals surface area contributed by atoms with Crippen molar-refractivity contribution in [3.05, 3.63) is 29.8 Å². The maximum atomic E-state index is 12.8. The first-order chi connectivity index (χ1) is 10.8. The van der Waals surface area contributed by atoms with E-state index in [1.807, 2.05) is 4.90 Å². The zero-order valence-corrected chi connectivity index (χ0v) is 13.3. The average molecular weight is 298 g/mol. The number of amides is 1. The number of fused-ring (bicyclic) bond motifs is 1. The molecule has 1 saturated heterocycles. The second-order valence-corrected chi connectivity index (χ2v) is 7.19. The second-order valence-electron chi connectivity index (χ2n) is 7.19. The molecule has 2 heterocycles. The highest BCUT2D eigenvalue weighted by molar-refractivity contribution is 5.94. The number of para-hydroxylation sites is 1. The molecule has 1 aliphatic carbocycles. The third-order valence-corrected chi connectivity index (χ3v) is 5.59. The van der Waals surface area contributed by atoms with Gasteiger partial charge in [0.1, 0.15) is 0 Å². The van der Waals surface area contributed by atoms with Gasteiger partial charge in [0.15, 0.2) is 0 Å². The molecule has 0 bridgehead atoms. The lowest BCUT2D eigenvalue weighted by Crippen LogP contribution is -2.39. The second kappa shape index (κ2) is 6.04. The van der Waals surface area contributed by atoms with Crippen LogP contribution in [-0.4, -0.2) is 36.5 Å². The van der Waals surface area contributed by atoms with Crippen LogP contribution in [0.1, 0.15) is 44.1 Å². The number of likely N-dealkylation sites (tertiary alicyclic amines) is 1. The molecule has 2 aliphatic heterocycles. The number of rotatable bonds is 3. The van der Waals surface area contributed by atoms with Gasteiger partial charge in [0.2, 0.25) is 5.91 Å². The molecule has 3 nitrogen and oxygen atoms in total. The Kier molecular flexibility index (Phi) is 3.91. The number of anilines is 1. The van der Waals surface area contributed by atoms with Crippen LogP contribution in [0.25, 0.3) is 0 Å². The number of benzene rings is 1. The van der Waals surface area contributed by atoms with Crippen molar-refractivity contribution in [2.75, 3.05) is 24.5 Å². The van der Waals surface area contributed by atoms with Gasteiger partial charge in [-0.3, -0.25) is 4.79 Å². The van der Waals surface area contributed by atoms with Gasteiger partial charge in [-0.25, -0.2) is 0 Å². The van der Waals surface area contributed by atoms with Crippen LogP contribution in [-0.2, 0) is 11.2 Å². The molecule has 3 aliphatic rings. The van der Waals surface area contributed by atoms with E-state index < -0.39 is 0 Å². The molecular formula is C19H26N2O. The van der Waals surface area contributed by atoms with Gasteiger partial charge in [-0.2, -0.15) is 0 Å². The van der Waals surface area contributed by atoms with E-state index in [-0.39, 0.29) is 0 Å². The van der Waals surface area contributed by atoms with Crippen molar-refractivity contribution in [2.24, 2.45) is 5.92 Å². The Morgan fingerprint density at radius 3 is 2.59 bits per heavy atom. The lowest BCUT2D eigenvalue weighted by Gasteiger charge is -2.34. The molecular weight excluding hydrogens is 272 g/mol. The van der Waals surface area contributed by atoms with Crippen molar-refractivity contribution in [2.45, 2.75) is 51.0 Å². The lowest BCUT2D eigenvalue weighted by molar-refractivity contribution is -0.120. The summed E-state index contributed by atoms with van der Waals surface area (Å²) in [7, 11) is 0. The molecule has 0 atom stereocenters. The van der Waals surface area contributed by atoms with Crippen molar-refractivity contribution in [3.8, 4) is 0 Å². The molecule has 0 spiro atoms. The molecule has 22 heavy (non-hydrogen) atoms. The predicted octanol–water partition coefficient (Wildman–Crippen LogP) is 3.23. The van der Waals surface area contributed by atoms with Crippen molar-refractivity contribution in [1.29, 1.82) is 0 Å². The number of nitrogens with zero attached hydrogens (tertiary/aromatic N) is 2. The third kappa shape index (κ3) is 2.91. The standard InChI is InChI=1S/C19H26N2O/c22-19(14-15-9-12-20(13-10-15)17-7-8-17)21-11-3-5-16-4-1-2-6-18(16)21/h1-2,4,6,15,17H,3,5,7-14H2. The molecule has 0 radical (unpaired) electrons. The normalized spacial score (nSPS) is 23.4. The van der Waals surface area contributed by atoms with Crippen LogP contribution in [0.2, 0.25) is 0 Å². The summed E-state index contributed by atoms with van der Waals surface area (Å²) in [4.78, 5) is 17.5. The van der Waals surface area contributed by atoms with Gasteiger partial charge >= 0.3 is 0 Å². The summed E-state index contributed by atoms with van der Waals surface area (Å²) in [5.41, 5.74) is 2.50. The van der Waals surface area contributed by atoms with E-state index in [4.69, 9.17) is 0 Å². The number of carbonyl (C=O) groups is 1. The first kappa shape index (κ1) is 14.3. The number of hydrogen-bond donors (Lipinski definition) is 0. The fourth-order valence-electron chi connectivity index (χ4n) is 4.11. The van der Waals surface area contributed by atoms with Crippen LogP contribution in [0.15, 0.2) is 24.3 Å². The Morgan fingerprint density at radius 2 is 1.82 bits per heavy atom. The summed E-state index contributed by atoms with van der Waals surface area (Å²) in [5, 5.41) is 0. The molecule has 1 aromatic rings. The van der Waals surface area contributed by atoms with Crippen molar-refractivity contribution >= 4 is 11.6 Å². The Balaban J connectivity index is 1.37. The van der Waals surface area contributed by atoms with E-state index in [9.17, 15) is 4.79 Å². The highest BCUT2D eigenvalue weighted by atomic mass is 16.2. The molecule has 2 fully saturated rings. The Morgan fingerprint density at radius 1 is 1.05 bits per heavy atom. The topological polar surface area (TPSA) is 23.6 Å². The van der Waals surface area contributed by atoms with Crippen molar-refractivity contribution in [1.82, 2.24) is 4.90 Å². The fourth-order valence-corrected chi connectivity index (χ4v) is 4.11. The molecule has 1 amide bonds. The van der Waals surface area contributed by atoms with E-state index in [1.54, 1.807) is 0 Å². The van der Waals surface area contributed by atoms with E-state index in [2.05, 4.69) is 29.2 Å². The molecule has 118 valence electrons. The number of hydrogen-bond acceptors (Lipinski definition) is 2. The highest BCUT2D eigenvalue weighted by Gasteiger charge is 2.33. The van der Waals surface area contributed by atoms with Gasteiger partial charge in [-0.1, -0.05) is 18.2 Å². The van der Waals surface area contributed by atoms with E-state index in [0.717, 1.165) is 37.5 Å². The Labute approximate surface area is 133 Å². The SMILES string of the molecule is O=C(CC1CCN(C2CC2)CC1)N1CCCc2ccccc21. The largest absolute Gasteiger partial charge is 0.312 e. The van der Waals surface area contributed by atoms with Gasteiger partial charge in [0, 0.05) is 24.7 Å². The Hall–Kier alpha value is -1.35. The van der Waals surface area contributed by atoms with Crippen LogP contribution in [0.3, 0.4) is 0 Å². The van der Waals surface area contributed by atoms with Crippen LogP contribution in [0.4, 0.5) is 5.69 Å². The first-order valence-electron chi connectivity index (χ1n) is 8.93. The van der Waals surface area contributed by atoms with Crippen LogP contribution in [0, 0.1) is 5.92 Å². The molecule has 0 unspecified atom stereocenters. The molecule has 4 rings (SSSR count). The highest BCUT2D eigenvalue weighted by Crippen LogP contribution is 2.33.